The van der Waals surface area contributed by atoms with Crippen molar-refractivity contribution in [3.63, 3.8) is 0 Å². The fourth-order valence-electron chi connectivity index (χ4n) is 3.98. The minimum Gasteiger partial charge on any atom is -0.371 e. The smallest absolute Gasteiger partial charge is 0.239 e. The fourth-order valence-corrected chi connectivity index (χ4v) is 4.37. The van der Waals surface area contributed by atoms with Crippen LogP contribution in [-0.2, 0) is 9.59 Å². The van der Waals surface area contributed by atoms with E-state index in [1.165, 1.54) is 12.1 Å². The van der Waals surface area contributed by atoms with E-state index in [1.54, 1.807) is 4.90 Å². The quantitative estimate of drug-likeness (QED) is 0.719. The van der Waals surface area contributed by atoms with Gasteiger partial charge in [-0.2, -0.15) is 0 Å². The number of rotatable bonds is 4. The van der Waals surface area contributed by atoms with Crippen LogP contribution < -0.4 is 15.1 Å². The number of carbonyl (C=O) groups excluding carboxylic acids is 2. The normalized spacial score (nSPS) is 22.0. The molecule has 0 spiro atoms. The van der Waals surface area contributed by atoms with Crippen molar-refractivity contribution < 1.29 is 9.59 Å². The number of benzene rings is 2. The van der Waals surface area contributed by atoms with E-state index in [1.807, 2.05) is 48.5 Å². The van der Waals surface area contributed by atoms with Crippen LogP contribution in [-0.4, -0.2) is 31.4 Å². The molecule has 2 aliphatic heterocycles. The first-order valence-corrected chi connectivity index (χ1v) is 10.5. The average Bonchev–Trinajstić information content (AvgIpc) is 3.28. The van der Waals surface area contributed by atoms with Crippen LogP contribution in [0.1, 0.15) is 19.8 Å². The van der Waals surface area contributed by atoms with Gasteiger partial charge in [-0.1, -0.05) is 28.9 Å². The highest BCUT2D eigenvalue weighted by Gasteiger charge is 2.37. The summed E-state index contributed by atoms with van der Waals surface area (Å²) in [6, 6.07) is 15.5. The minimum atomic E-state index is -0.641. The third-order valence-electron chi connectivity index (χ3n) is 5.57. The summed E-state index contributed by atoms with van der Waals surface area (Å²) in [7, 11) is 0. The lowest BCUT2D eigenvalue weighted by Crippen LogP contribution is -2.33. The molecule has 0 radical (unpaired) electrons. The number of nitrogens with zero attached hydrogens (tertiary/aromatic N) is 2. The largest absolute Gasteiger partial charge is 0.371 e. The maximum Gasteiger partial charge on any atom is 0.239 e. The zero-order chi connectivity index (χ0) is 19.7. The van der Waals surface area contributed by atoms with E-state index in [4.69, 9.17) is 0 Å². The summed E-state index contributed by atoms with van der Waals surface area (Å²) < 4.78 is 0.915. The first-order chi connectivity index (χ1) is 13.5. The predicted molar refractivity (Wildman–Crippen MR) is 116 cm³/mol. The minimum absolute atomic E-state index is 0.140. The van der Waals surface area contributed by atoms with Crippen LogP contribution in [0.15, 0.2) is 53.0 Å². The van der Waals surface area contributed by atoms with E-state index in [-0.39, 0.29) is 11.8 Å². The summed E-state index contributed by atoms with van der Waals surface area (Å²) in [5.41, 5.74) is 2.73. The van der Waals surface area contributed by atoms with Gasteiger partial charge < -0.3 is 15.1 Å². The summed E-state index contributed by atoms with van der Waals surface area (Å²) in [5.74, 6) is -0.289. The molecule has 5 nitrogen and oxygen atoms in total. The lowest BCUT2D eigenvalue weighted by Gasteiger charge is -2.19. The molecule has 4 rings (SSSR count). The summed E-state index contributed by atoms with van der Waals surface area (Å²) in [6.07, 6.45) is 1.75. The van der Waals surface area contributed by atoms with Gasteiger partial charge in [0.2, 0.25) is 11.8 Å². The molecule has 2 saturated heterocycles. The van der Waals surface area contributed by atoms with Crippen LogP contribution in [0.4, 0.5) is 17.1 Å². The van der Waals surface area contributed by atoms with Crippen molar-refractivity contribution in [1.29, 1.82) is 0 Å². The van der Waals surface area contributed by atoms with Crippen molar-refractivity contribution in [2.24, 2.45) is 11.8 Å². The van der Waals surface area contributed by atoms with Crippen LogP contribution in [0.25, 0.3) is 0 Å². The van der Waals surface area contributed by atoms with Gasteiger partial charge in [-0.25, -0.2) is 0 Å². The van der Waals surface area contributed by atoms with Crippen molar-refractivity contribution in [2.45, 2.75) is 19.8 Å². The Morgan fingerprint density at radius 1 is 1.07 bits per heavy atom. The van der Waals surface area contributed by atoms with Crippen molar-refractivity contribution in [3.8, 4) is 0 Å². The van der Waals surface area contributed by atoms with E-state index < -0.39 is 5.92 Å². The van der Waals surface area contributed by atoms with Gasteiger partial charge in [0.1, 0.15) is 5.92 Å². The molecule has 6 heteroatoms. The molecule has 1 N–H and O–H groups in total. The number of amides is 2. The van der Waals surface area contributed by atoms with E-state index in [9.17, 15) is 9.59 Å². The van der Waals surface area contributed by atoms with E-state index in [2.05, 4.69) is 33.1 Å². The number of nitrogens with one attached hydrogen (secondary N) is 1. The predicted octanol–water partition coefficient (Wildman–Crippen LogP) is 4.29. The Balaban J connectivity index is 1.39. The summed E-state index contributed by atoms with van der Waals surface area (Å²) in [6.45, 7) is 4.98. The van der Waals surface area contributed by atoms with Gasteiger partial charge in [0, 0.05) is 41.2 Å². The van der Waals surface area contributed by atoms with Crippen molar-refractivity contribution >= 4 is 44.8 Å². The van der Waals surface area contributed by atoms with Crippen LogP contribution in [0.5, 0.6) is 0 Å². The first kappa shape index (κ1) is 19.0. The molecule has 2 aliphatic rings. The van der Waals surface area contributed by atoms with Crippen LogP contribution in [0.2, 0.25) is 0 Å². The monoisotopic (exact) mass is 441 g/mol. The van der Waals surface area contributed by atoms with Crippen LogP contribution in [0, 0.1) is 11.8 Å². The molecule has 2 heterocycles. The third-order valence-corrected chi connectivity index (χ3v) is 6.06. The van der Waals surface area contributed by atoms with Gasteiger partial charge >= 0.3 is 0 Å². The topological polar surface area (TPSA) is 52.7 Å². The molecule has 28 heavy (non-hydrogen) atoms. The summed E-state index contributed by atoms with van der Waals surface area (Å²) in [5, 5.41) is 2.91. The van der Waals surface area contributed by atoms with Gasteiger partial charge in [0.15, 0.2) is 0 Å². The zero-order valence-electron chi connectivity index (χ0n) is 15.9. The van der Waals surface area contributed by atoms with Gasteiger partial charge in [-0.15, -0.1) is 0 Å². The lowest BCUT2D eigenvalue weighted by atomic mass is 10.1. The Morgan fingerprint density at radius 2 is 1.86 bits per heavy atom. The van der Waals surface area contributed by atoms with E-state index in [0.29, 0.717) is 13.0 Å². The number of anilines is 3. The molecule has 0 aromatic heterocycles. The van der Waals surface area contributed by atoms with Gasteiger partial charge in [0.25, 0.3) is 0 Å². The third kappa shape index (κ3) is 3.92. The standard InChI is InChI=1S/C22H24BrN3O2/c1-15-9-11-25(14-15)18-7-5-17(6-8-18)24-21(27)20-10-12-26(22(20)28)19-4-2-3-16(23)13-19/h2-8,13,15,20H,9-12,14H2,1H3,(H,24,27). The SMILES string of the molecule is CC1CCN(c2ccc(NC(=O)C3CCN(c4cccc(Br)c4)C3=O)cc2)C1. The molecule has 2 amide bonds. The number of halogens is 1. The molecule has 2 unspecified atom stereocenters. The van der Waals surface area contributed by atoms with Gasteiger partial charge in [-0.05, 0) is 61.2 Å². The van der Waals surface area contributed by atoms with E-state index >= 15 is 0 Å². The molecule has 2 fully saturated rings. The first-order valence-electron chi connectivity index (χ1n) is 9.74. The van der Waals surface area contributed by atoms with Crippen molar-refractivity contribution in [1.82, 2.24) is 0 Å². The molecular weight excluding hydrogens is 418 g/mol. The highest BCUT2D eigenvalue weighted by Crippen LogP contribution is 2.29. The zero-order valence-corrected chi connectivity index (χ0v) is 17.5. The second kappa shape index (κ2) is 7.95. The Kier molecular flexibility index (Phi) is 5.40. The molecule has 0 saturated carbocycles. The second-order valence-corrected chi connectivity index (χ2v) is 8.60. The Labute approximate surface area is 173 Å². The van der Waals surface area contributed by atoms with E-state index in [0.717, 1.165) is 34.9 Å². The molecular formula is C22H24BrN3O2. The Hall–Kier alpha value is -2.34. The van der Waals surface area contributed by atoms with Crippen molar-refractivity contribution in [2.75, 3.05) is 34.8 Å². The van der Waals surface area contributed by atoms with Crippen LogP contribution >= 0.6 is 15.9 Å². The Morgan fingerprint density at radius 3 is 2.54 bits per heavy atom. The molecule has 146 valence electrons. The molecule has 0 aliphatic carbocycles. The number of hydrogen-bond acceptors (Lipinski definition) is 3. The fraction of sp³-hybridized carbons (Fsp3) is 0.364. The molecule has 2 aromatic rings. The highest BCUT2D eigenvalue weighted by molar-refractivity contribution is 9.10. The summed E-state index contributed by atoms with van der Waals surface area (Å²) >= 11 is 3.43. The lowest BCUT2D eigenvalue weighted by molar-refractivity contribution is -0.129. The van der Waals surface area contributed by atoms with Gasteiger partial charge in [0.05, 0.1) is 0 Å². The maximum absolute atomic E-state index is 12.8. The molecule has 0 bridgehead atoms. The maximum atomic E-state index is 12.8. The average molecular weight is 442 g/mol. The van der Waals surface area contributed by atoms with Crippen molar-refractivity contribution in [3.05, 3.63) is 53.0 Å². The second-order valence-electron chi connectivity index (χ2n) is 7.69. The highest BCUT2D eigenvalue weighted by atomic mass is 79.9. The molecule has 2 atom stereocenters. The van der Waals surface area contributed by atoms with Crippen LogP contribution in [0.3, 0.4) is 0 Å². The number of hydrogen-bond donors (Lipinski definition) is 1. The summed E-state index contributed by atoms with van der Waals surface area (Å²) in [4.78, 5) is 29.5. The molecule has 2 aromatic carbocycles. The number of carbonyl (C=O) groups is 2. The Bertz CT molecular complexity index is 884. The van der Waals surface area contributed by atoms with Gasteiger partial charge in [-0.3, -0.25) is 9.59 Å².